The molecule has 0 atom stereocenters. The van der Waals surface area contributed by atoms with E-state index in [1.807, 2.05) is 13.3 Å². The summed E-state index contributed by atoms with van der Waals surface area (Å²) in [7, 11) is 0. The molecule has 0 radical (unpaired) electrons. The molecule has 0 amide bonds. The number of hydrogen-bond donors (Lipinski definition) is 2. The van der Waals surface area contributed by atoms with Crippen molar-refractivity contribution in [1.29, 1.82) is 5.41 Å². The molecule has 0 spiro atoms. The summed E-state index contributed by atoms with van der Waals surface area (Å²) in [6.45, 7) is 1.92. The van der Waals surface area contributed by atoms with Gasteiger partial charge in [-0.3, -0.25) is 5.41 Å². The summed E-state index contributed by atoms with van der Waals surface area (Å²) in [5.41, 5.74) is 7.63. The van der Waals surface area contributed by atoms with Gasteiger partial charge in [-0.25, -0.2) is 0 Å². The topological polar surface area (TPSA) is 49.9 Å². The van der Waals surface area contributed by atoms with Crippen LogP contribution >= 0.6 is 0 Å². The van der Waals surface area contributed by atoms with Gasteiger partial charge < -0.3 is 5.73 Å². The molecule has 0 aromatic carbocycles. The van der Waals surface area contributed by atoms with Gasteiger partial charge in [0.2, 0.25) is 0 Å². The van der Waals surface area contributed by atoms with Gasteiger partial charge in [-0.2, -0.15) is 0 Å². The zero-order valence-corrected chi connectivity index (χ0v) is 5.31. The van der Waals surface area contributed by atoms with E-state index in [0.717, 1.165) is 5.57 Å². The second-order valence-corrected chi connectivity index (χ2v) is 2.13. The Morgan fingerprint density at radius 1 is 1.56 bits per heavy atom. The molecule has 0 aromatic rings. The van der Waals surface area contributed by atoms with Crippen LogP contribution in [0.15, 0.2) is 23.4 Å². The Morgan fingerprint density at radius 3 is 2.67 bits per heavy atom. The molecule has 0 saturated carbocycles. The molecular formula is C7H9N2+. The van der Waals surface area contributed by atoms with Crippen LogP contribution in [0.3, 0.4) is 0 Å². The zero-order chi connectivity index (χ0) is 6.85. The molecule has 1 aliphatic rings. The third-order valence-electron chi connectivity index (χ3n) is 1.10. The summed E-state index contributed by atoms with van der Waals surface area (Å²) < 4.78 is 0. The van der Waals surface area contributed by atoms with Gasteiger partial charge in [-0.05, 0) is 6.92 Å². The molecule has 9 heavy (non-hydrogen) atoms. The van der Waals surface area contributed by atoms with E-state index in [1.165, 1.54) is 0 Å². The van der Waals surface area contributed by atoms with Crippen molar-refractivity contribution in [3.05, 3.63) is 29.8 Å². The molecule has 2 nitrogen and oxygen atoms in total. The minimum atomic E-state index is 0.479. The van der Waals surface area contributed by atoms with Crippen LogP contribution in [0.25, 0.3) is 0 Å². The zero-order valence-electron chi connectivity index (χ0n) is 5.31. The van der Waals surface area contributed by atoms with Gasteiger partial charge in [-0.1, -0.05) is 0 Å². The molecule has 0 fully saturated rings. The van der Waals surface area contributed by atoms with Gasteiger partial charge in [0.05, 0.1) is 24.1 Å². The monoisotopic (exact) mass is 121 g/mol. The van der Waals surface area contributed by atoms with Gasteiger partial charge in [-0.15, -0.1) is 0 Å². The van der Waals surface area contributed by atoms with Gasteiger partial charge in [0.25, 0.3) is 0 Å². The molecule has 46 valence electrons. The van der Waals surface area contributed by atoms with E-state index in [0.29, 0.717) is 11.4 Å². The maximum Gasteiger partial charge on any atom is 0.168 e. The van der Waals surface area contributed by atoms with Crippen molar-refractivity contribution in [3.63, 3.8) is 0 Å². The lowest BCUT2D eigenvalue weighted by molar-refractivity contribution is 1.26. The van der Waals surface area contributed by atoms with E-state index in [2.05, 4.69) is 0 Å². The van der Waals surface area contributed by atoms with Crippen LogP contribution in [0.5, 0.6) is 0 Å². The van der Waals surface area contributed by atoms with E-state index in [-0.39, 0.29) is 0 Å². The summed E-state index contributed by atoms with van der Waals surface area (Å²) in [5, 5.41) is 7.20. The Kier molecular flexibility index (Phi) is 1.30. The van der Waals surface area contributed by atoms with Crippen molar-refractivity contribution in [2.24, 2.45) is 5.73 Å². The molecule has 3 N–H and O–H groups in total. The van der Waals surface area contributed by atoms with Crippen LogP contribution in [-0.2, 0) is 0 Å². The molecule has 2 heteroatoms. The molecule has 0 unspecified atom stereocenters. The molecular weight excluding hydrogens is 112 g/mol. The first-order chi connectivity index (χ1) is 4.18. The highest BCUT2D eigenvalue weighted by atomic mass is 14.6. The maximum absolute atomic E-state index is 7.20. The second-order valence-electron chi connectivity index (χ2n) is 2.13. The first-order valence-electron chi connectivity index (χ1n) is 2.77. The largest absolute Gasteiger partial charge is 0.377 e. The van der Waals surface area contributed by atoms with E-state index in [1.54, 1.807) is 12.2 Å². The van der Waals surface area contributed by atoms with Gasteiger partial charge in [0.15, 0.2) is 5.71 Å². The number of hydrogen-bond acceptors (Lipinski definition) is 2. The SMILES string of the molecule is CC1=CC(=N)C=C(N)[CH+]1. The third kappa shape index (κ3) is 1.35. The molecule has 0 heterocycles. The number of allylic oxidation sites excluding steroid dienone is 3. The fourth-order valence-corrected chi connectivity index (χ4v) is 0.813. The lowest BCUT2D eigenvalue weighted by Crippen LogP contribution is -2.06. The van der Waals surface area contributed by atoms with Crippen LogP contribution in [-0.4, -0.2) is 5.71 Å². The Morgan fingerprint density at radius 2 is 2.22 bits per heavy atom. The van der Waals surface area contributed by atoms with Crippen molar-refractivity contribution in [2.75, 3.05) is 0 Å². The molecule has 0 aromatic heterocycles. The van der Waals surface area contributed by atoms with Crippen LogP contribution in [0.1, 0.15) is 6.92 Å². The van der Waals surface area contributed by atoms with E-state index < -0.39 is 0 Å². The quantitative estimate of drug-likeness (QED) is 0.462. The summed E-state index contributed by atoms with van der Waals surface area (Å²) in [5.74, 6) is 0. The average molecular weight is 121 g/mol. The molecule has 0 aliphatic heterocycles. The Labute approximate surface area is 54.6 Å². The van der Waals surface area contributed by atoms with Crippen molar-refractivity contribution >= 4 is 5.71 Å². The third-order valence-corrected chi connectivity index (χ3v) is 1.10. The summed E-state index contributed by atoms with van der Waals surface area (Å²) in [6, 6.07) is 0. The first kappa shape index (κ1) is 5.95. The van der Waals surface area contributed by atoms with Crippen molar-refractivity contribution in [1.82, 2.24) is 0 Å². The summed E-state index contributed by atoms with van der Waals surface area (Å²) in [4.78, 5) is 0. The molecule has 0 bridgehead atoms. The number of rotatable bonds is 0. The standard InChI is InChI=1S/C7H9N2/c1-5-2-6(8)4-7(9)3-5/h2-4,8H,9H2,1H3/q+1. The van der Waals surface area contributed by atoms with Crippen LogP contribution < -0.4 is 5.73 Å². The lowest BCUT2D eigenvalue weighted by Gasteiger charge is -1.97. The molecule has 1 aliphatic carbocycles. The summed E-state index contributed by atoms with van der Waals surface area (Å²) >= 11 is 0. The highest BCUT2D eigenvalue weighted by Crippen LogP contribution is 2.09. The normalized spacial score (nSPS) is 18.1. The van der Waals surface area contributed by atoms with Gasteiger partial charge >= 0.3 is 0 Å². The minimum Gasteiger partial charge on any atom is -0.377 e. The molecule has 1 rings (SSSR count). The predicted octanol–water partition coefficient (Wildman–Crippen LogP) is 1.01. The molecule has 0 saturated heterocycles. The first-order valence-corrected chi connectivity index (χ1v) is 2.77. The van der Waals surface area contributed by atoms with Crippen LogP contribution in [0.2, 0.25) is 0 Å². The van der Waals surface area contributed by atoms with Crippen molar-refractivity contribution in [3.8, 4) is 0 Å². The van der Waals surface area contributed by atoms with Crippen molar-refractivity contribution in [2.45, 2.75) is 6.92 Å². The smallest absolute Gasteiger partial charge is 0.168 e. The second kappa shape index (κ2) is 1.97. The van der Waals surface area contributed by atoms with E-state index in [4.69, 9.17) is 11.1 Å². The number of nitrogens with two attached hydrogens (primary N) is 1. The minimum absolute atomic E-state index is 0.479. The van der Waals surface area contributed by atoms with Crippen molar-refractivity contribution < 1.29 is 0 Å². The summed E-state index contributed by atoms with van der Waals surface area (Å²) in [6.07, 6.45) is 5.25. The lowest BCUT2D eigenvalue weighted by atomic mass is 10.0. The highest BCUT2D eigenvalue weighted by molar-refractivity contribution is 6.04. The average Bonchev–Trinajstić information content (AvgIpc) is 1.59. The predicted molar refractivity (Wildman–Crippen MR) is 38.1 cm³/mol. The van der Waals surface area contributed by atoms with E-state index in [9.17, 15) is 0 Å². The van der Waals surface area contributed by atoms with Crippen LogP contribution in [0, 0.1) is 11.8 Å². The number of nitrogens with one attached hydrogen (secondary N) is 1. The van der Waals surface area contributed by atoms with Crippen LogP contribution in [0.4, 0.5) is 0 Å². The Bertz CT molecular complexity index is 179. The Hall–Kier alpha value is -1.18. The van der Waals surface area contributed by atoms with Gasteiger partial charge in [0.1, 0.15) is 5.70 Å². The fraction of sp³-hybridized carbons (Fsp3) is 0.143. The van der Waals surface area contributed by atoms with E-state index >= 15 is 0 Å². The maximum atomic E-state index is 7.20. The highest BCUT2D eigenvalue weighted by Gasteiger charge is 2.11. The van der Waals surface area contributed by atoms with Gasteiger partial charge in [0, 0.05) is 0 Å². The fourth-order valence-electron chi connectivity index (χ4n) is 0.813. The Balaban J connectivity index is 2.81.